The number of hydrogen-bond donors (Lipinski definition) is 2. The van der Waals surface area contributed by atoms with Crippen molar-refractivity contribution in [3.63, 3.8) is 0 Å². The molecule has 4 nitrogen and oxygen atoms in total. The average Bonchev–Trinajstić information content (AvgIpc) is 2.69. The third-order valence-corrected chi connectivity index (χ3v) is 6.32. The van der Waals surface area contributed by atoms with Crippen LogP contribution in [0.3, 0.4) is 0 Å². The van der Waals surface area contributed by atoms with Crippen molar-refractivity contribution in [3.05, 3.63) is 63.7 Å². The van der Waals surface area contributed by atoms with Gasteiger partial charge in [-0.25, -0.2) is 0 Å². The Hall–Kier alpha value is -2.17. The topological polar surface area (TPSA) is 52.6 Å². The van der Waals surface area contributed by atoms with Crippen molar-refractivity contribution in [2.24, 2.45) is 5.92 Å². The minimum atomic E-state index is 0.132. The SMILES string of the molecule is CC(=O)c1c(C)cc(C)c(CNc2ccccc2CN2CCC(CO)CC2)c1C. The second-order valence-corrected chi connectivity index (χ2v) is 8.46. The predicted molar refractivity (Wildman–Crippen MR) is 120 cm³/mol. The van der Waals surface area contributed by atoms with E-state index >= 15 is 0 Å². The summed E-state index contributed by atoms with van der Waals surface area (Å²) >= 11 is 0. The van der Waals surface area contributed by atoms with Gasteiger partial charge in [-0.3, -0.25) is 9.69 Å². The third-order valence-electron chi connectivity index (χ3n) is 6.32. The summed E-state index contributed by atoms with van der Waals surface area (Å²) in [7, 11) is 0. The largest absolute Gasteiger partial charge is 0.396 e. The van der Waals surface area contributed by atoms with Crippen LogP contribution in [0.5, 0.6) is 0 Å². The van der Waals surface area contributed by atoms with Gasteiger partial charge in [-0.2, -0.15) is 0 Å². The van der Waals surface area contributed by atoms with Crippen LogP contribution in [0.2, 0.25) is 0 Å². The van der Waals surface area contributed by atoms with Gasteiger partial charge in [-0.1, -0.05) is 24.3 Å². The lowest BCUT2D eigenvalue weighted by Gasteiger charge is -2.31. The summed E-state index contributed by atoms with van der Waals surface area (Å²) in [4.78, 5) is 14.6. The summed E-state index contributed by atoms with van der Waals surface area (Å²) in [6.45, 7) is 11.9. The molecule has 1 heterocycles. The van der Waals surface area contributed by atoms with Crippen LogP contribution in [0.4, 0.5) is 5.69 Å². The highest BCUT2D eigenvalue weighted by Crippen LogP contribution is 2.26. The maximum Gasteiger partial charge on any atom is 0.160 e. The normalized spacial score (nSPS) is 15.5. The minimum absolute atomic E-state index is 0.132. The van der Waals surface area contributed by atoms with E-state index in [9.17, 15) is 9.90 Å². The van der Waals surface area contributed by atoms with Gasteiger partial charge in [0.1, 0.15) is 0 Å². The number of benzene rings is 2. The zero-order valence-corrected chi connectivity index (χ0v) is 18.2. The zero-order chi connectivity index (χ0) is 21.0. The van der Waals surface area contributed by atoms with E-state index in [0.717, 1.165) is 54.9 Å². The quantitative estimate of drug-likeness (QED) is 0.672. The smallest absolute Gasteiger partial charge is 0.160 e. The van der Waals surface area contributed by atoms with Crippen LogP contribution in [0.15, 0.2) is 30.3 Å². The number of hydrogen-bond acceptors (Lipinski definition) is 4. The monoisotopic (exact) mass is 394 g/mol. The molecule has 0 unspecified atom stereocenters. The number of likely N-dealkylation sites (tertiary alicyclic amines) is 1. The molecule has 3 rings (SSSR count). The van der Waals surface area contributed by atoms with Crippen LogP contribution < -0.4 is 5.32 Å². The summed E-state index contributed by atoms with van der Waals surface area (Å²) in [5.41, 5.74) is 7.88. The first kappa shape index (κ1) is 21.5. The van der Waals surface area contributed by atoms with E-state index in [2.05, 4.69) is 54.4 Å². The highest BCUT2D eigenvalue weighted by molar-refractivity contribution is 5.97. The Kier molecular flexibility index (Phi) is 7.09. The Morgan fingerprint density at radius 2 is 1.83 bits per heavy atom. The van der Waals surface area contributed by atoms with Crippen LogP contribution in [0, 0.1) is 26.7 Å². The maximum absolute atomic E-state index is 12.1. The van der Waals surface area contributed by atoms with E-state index in [1.54, 1.807) is 6.92 Å². The number of aryl methyl sites for hydroxylation is 2. The standard InChI is InChI=1S/C25H34N2O2/c1-17-13-18(2)25(20(4)29)19(3)23(17)14-26-24-8-6-5-7-22(24)15-27-11-9-21(16-28)10-12-27/h5-8,13,21,26,28H,9-12,14-16H2,1-4H3. The first-order valence-electron chi connectivity index (χ1n) is 10.7. The van der Waals surface area contributed by atoms with Crippen molar-refractivity contribution in [2.45, 2.75) is 53.6 Å². The van der Waals surface area contributed by atoms with Crippen molar-refractivity contribution in [1.82, 2.24) is 4.90 Å². The van der Waals surface area contributed by atoms with Gasteiger partial charge in [0.15, 0.2) is 5.78 Å². The Morgan fingerprint density at radius 1 is 1.14 bits per heavy atom. The van der Waals surface area contributed by atoms with Crippen LogP contribution in [-0.4, -0.2) is 35.5 Å². The fourth-order valence-corrected chi connectivity index (χ4v) is 4.62. The van der Waals surface area contributed by atoms with Crippen molar-refractivity contribution < 1.29 is 9.90 Å². The molecule has 156 valence electrons. The van der Waals surface area contributed by atoms with Crippen molar-refractivity contribution in [3.8, 4) is 0 Å². The molecule has 0 saturated carbocycles. The highest BCUT2D eigenvalue weighted by atomic mass is 16.3. The number of aliphatic hydroxyl groups excluding tert-OH is 1. The van der Waals surface area contributed by atoms with E-state index in [1.807, 2.05) is 6.92 Å². The van der Waals surface area contributed by atoms with Gasteiger partial charge in [-0.05, 0) is 93.4 Å². The number of rotatable bonds is 7. The van der Waals surface area contributed by atoms with E-state index in [-0.39, 0.29) is 5.78 Å². The van der Waals surface area contributed by atoms with Crippen LogP contribution in [0.1, 0.15) is 57.9 Å². The fraction of sp³-hybridized carbons (Fsp3) is 0.480. The van der Waals surface area contributed by atoms with Gasteiger partial charge >= 0.3 is 0 Å². The second kappa shape index (κ2) is 9.55. The molecule has 0 radical (unpaired) electrons. The number of anilines is 1. The van der Waals surface area contributed by atoms with E-state index in [1.165, 1.54) is 16.7 Å². The molecule has 0 aliphatic carbocycles. The first-order chi connectivity index (χ1) is 13.9. The molecule has 0 spiro atoms. The highest BCUT2D eigenvalue weighted by Gasteiger charge is 2.19. The lowest BCUT2D eigenvalue weighted by molar-refractivity contribution is 0.101. The third kappa shape index (κ3) is 5.06. The Bertz CT molecular complexity index is 867. The number of nitrogens with zero attached hydrogens (tertiary/aromatic N) is 1. The molecular formula is C25H34N2O2. The molecule has 1 aliphatic heterocycles. The lowest BCUT2D eigenvalue weighted by Crippen LogP contribution is -2.34. The van der Waals surface area contributed by atoms with E-state index in [4.69, 9.17) is 0 Å². The van der Waals surface area contributed by atoms with Crippen LogP contribution in [0.25, 0.3) is 0 Å². The molecule has 0 atom stereocenters. The molecule has 0 aromatic heterocycles. The minimum Gasteiger partial charge on any atom is -0.396 e. The van der Waals surface area contributed by atoms with Gasteiger partial charge in [0.25, 0.3) is 0 Å². The first-order valence-corrected chi connectivity index (χ1v) is 10.7. The van der Waals surface area contributed by atoms with Crippen LogP contribution >= 0.6 is 0 Å². The molecule has 2 aromatic carbocycles. The number of carbonyl (C=O) groups excluding carboxylic acids is 1. The number of piperidine rings is 1. The molecule has 1 saturated heterocycles. The van der Waals surface area contributed by atoms with Crippen molar-refractivity contribution in [2.75, 3.05) is 25.0 Å². The van der Waals surface area contributed by atoms with Gasteiger partial charge in [0.2, 0.25) is 0 Å². The molecule has 1 aliphatic rings. The Balaban J connectivity index is 1.74. The summed E-state index contributed by atoms with van der Waals surface area (Å²) < 4.78 is 0. The maximum atomic E-state index is 12.1. The van der Waals surface area contributed by atoms with Gasteiger partial charge < -0.3 is 10.4 Å². The molecular weight excluding hydrogens is 360 g/mol. The molecule has 0 amide bonds. The van der Waals surface area contributed by atoms with Crippen LogP contribution in [-0.2, 0) is 13.1 Å². The van der Waals surface area contributed by atoms with Gasteiger partial charge in [-0.15, -0.1) is 0 Å². The Labute approximate surface area is 174 Å². The van der Waals surface area contributed by atoms with Gasteiger partial charge in [0, 0.05) is 30.9 Å². The summed E-state index contributed by atoms with van der Waals surface area (Å²) in [6, 6.07) is 10.6. The molecule has 2 aromatic rings. The number of Topliss-reactive ketones (excluding diaryl/α,β-unsaturated/α-hetero) is 1. The summed E-state index contributed by atoms with van der Waals surface area (Å²) in [5.74, 6) is 0.593. The number of aliphatic hydroxyl groups is 1. The number of para-hydroxylation sites is 1. The predicted octanol–water partition coefficient (Wildman–Crippen LogP) is 4.63. The lowest BCUT2D eigenvalue weighted by atomic mass is 9.91. The molecule has 29 heavy (non-hydrogen) atoms. The zero-order valence-electron chi connectivity index (χ0n) is 18.2. The molecule has 0 bridgehead atoms. The fourth-order valence-electron chi connectivity index (χ4n) is 4.62. The van der Waals surface area contributed by atoms with Crippen molar-refractivity contribution in [1.29, 1.82) is 0 Å². The molecule has 2 N–H and O–H groups in total. The molecule has 1 fully saturated rings. The van der Waals surface area contributed by atoms with Crippen molar-refractivity contribution >= 4 is 11.5 Å². The van der Waals surface area contributed by atoms with Gasteiger partial charge in [0.05, 0.1) is 0 Å². The molecule has 4 heteroatoms. The van der Waals surface area contributed by atoms with E-state index < -0.39 is 0 Å². The summed E-state index contributed by atoms with van der Waals surface area (Å²) in [6.07, 6.45) is 2.14. The second-order valence-electron chi connectivity index (χ2n) is 8.46. The average molecular weight is 395 g/mol. The Morgan fingerprint density at radius 3 is 2.48 bits per heavy atom. The number of ketones is 1. The van der Waals surface area contributed by atoms with E-state index in [0.29, 0.717) is 19.1 Å². The summed E-state index contributed by atoms with van der Waals surface area (Å²) in [5, 5.41) is 13.0. The number of nitrogens with one attached hydrogen (secondary N) is 1. The number of carbonyl (C=O) groups is 1.